The normalized spacial score (nSPS) is 18.0. The fourth-order valence-electron chi connectivity index (χ4n) is 4.10. The molecule has 0 aliphatic heterocycles. The number of hydrogen-bond donors (Lipinski definition) is 3. The van der Waals surface area contributed by atoms with E-state index in [2.05, 4.69) is 10.6 Å². The highest BCUT2D eigenvalue weighted by Crippen LogP contribution is 2.65. The number of carbonyl (C=O) groups excluding carboxylic acids is 2. The second-order valence-corrected chi connectivity index (χ2v) is 10.6. The van der Waals surface area contributed by atoms with E-state index in [0.717, 1.165) is 24.3 Å². The number of nitrogen functional groups attached to an aromatic ring is 1. The minimum atomic E-state index is -4.98. The van der Waals surface area contributed by atoms with Gasteiger partial charge in [0.25, 0.3) is 5.91 Å². The third-order valence-electron chi connectivity index (χ3n) is 6.13. The summed E-state index contributed by atoms with van der Waals surface area (Å²) in [7, 11) is 0. The second kappa shape index (κ2) is 10.1. The molecule has 0 bridgehead atoms. The highest BCUT2D eigenvalue weighted by molar-refractivity contribution is 6.53. The van der Waals surface area contributed by atoms with Crippen LogP contribution in [0.1, 0.15) is 33.0 Å². The average Bonchev–Trinajstić information content (AvgIpc) is 3.42. The van der Waals surface area contributed by atoms with Crippen molar-refractivity contribution < 1.29 is 35.9 Å². The molecule has 3 aromatic rings. The zero-order valence-corrected chi connectivity index (χ0v) is 21.8. The molecule has 0 heterocycles. The molecule has 1 saturated carbocycles. The second-order valence-electron chi connectivity index (χ2n) is 8.79. The Morgan fingerprint density at radius 1 is 0.974 bits per heavy atom. The summed E-state index contributed by atoms with van der Waals surface area (Å²) in [6.45, 7) is 1.51. The number of nitrogens with one attached hydrogen (secondary N) is 2. The number of carbonyl (C=O) groups is 2. The number of aryl methyl sites for hydroxylation is 1. The molecule has 2 amide bonds. The van der Waals surface area contributed by atoms with E-state index in [0.29, 0.717) is 17.7 Å². The summed E-state index contributed by atoms with van der Waals surface area (Å²) in [5, 5.41) is 4.66. The monoisotopic (exact) mass is 609 g/mol. The van der Waals surface area contributed by atoms with Crippen LogP contribution in [0.4, 0.5) is 43.4 Å². The molecule has 39 heavy (non-hydrogen) atoms. The zero-order chi connectivity index (χ0) is 29.0. The summed E-state index contributed by atoms with van der Waals surface area (Å²) in [6.07, 6.45) is -4.98. The lowest BCUT2D eigenvalue weighted by Gasteiger charge is -2.13. The first kappa shape index (κ1) is 28.8. The topological polar surface area (TPSA) is 84.2 Å². The van der Waals surface area contributed by atoms with Crippen molar-refractivity contribution in [2.24, 2.45) is 5.92 Å². The van der Waals surface area contributed by atoms with Gasteiger partial charge in [-0.3, -0.25) is 9.59 Å². The van der Waals surface area contributed by atoms with E-state index in [1.54, 1.807) is 0 Å². The number of amides is 2. The van der Waals surface area contributed by atoms with Crippen LogP contribution in [0.2, 0.25) is 5.02 Å². The van der Waals surface area contributed by atoms with Crippen molar-refractivity contribution in [2.75, 3.05) is 16.4 Å². The van der Waals surface area contributed by atoms with Gasteiger partial charge in [0.2, 0.25) is 5.91 Å². The Morgan fingerprint density at radius 3 is 2.26 bits per heavy atom. The van der Waals surface area contributed by atoms with Gasteiger partial charge in [0, 0.05) is 11.6 Å². The maximum atomic E-state index is 14.2. The molecular formula is C25H16Cl3F6N3O2. The molecule has 1 fully saturated rings. The molecule has 1 aliphatic rings. The summed E-state index contributed by atoms with van der Waals surface area (Å²) in [4.78, 5) is 25.8. The number of halogens is 9. The van der Waals surface area contributed by atoms with Crippen LogP contribution >= 0.6 is 34.8 Å². The van der Waals surface area contributed by atoms with Crippen molar-refractivity contribution in [1.82, 2.24) is 0 Å². The van der Waals surface area contributed by atoms with Crippen LogP contribution in [0.15, 0.2) is 42.5 Å². The molecule has 0 saturated heterocycles. The Kier molecular flexibility index (Phi) is 7.48. The smallest absolute Gasteiger partial charge is 0.394 e. The van der Waals surface area contributed by atoms with Gasteiger partial charge in [-0.25, -0.2) is 13.2 Å². The van der Waals surface area contributed by atoms with Gasteiger partial charge in [-0.2, -0.15) is 13.2 Å². The van der Waals surface area contributed by atoms with Gasteiger partial charge in [0.15, 0.2) is 5.82 Å². The van der Waals surface area contributed by atoms with Crippen molar-refractivity contribution >= 4 is 63.7 Å². The summed E-state index contributed by atoms with van der Waals surface area (Å²) in [6, 6.07) is 6.58. The predicted octanol–water partition coefficient (Wildman–Crippen LogP) is 7.45. The average molecular weight is 611 g/mol. The summed E-state index contributed by atoms with van der Waals surface area (Å²) < 4.78 is 79.0. The van der Waals surface area contributed by atoms with Crippen LogP contribution in [0.5, 0.6) is 0 Å². The minimum Gasteiger partial charge on any atom is -0.394 e. The van der Waals surface area contributed by atoms with Crippen molar-refractivity contribution in [3.8, 4) is 0 Å². The molecular weight excluding hydrogens is 595 g/mol. The maximum Gasteiger partial charge on any atom is 0.419 e. The molecule has 0 radical (unpaired) electrons. The first-order valence-electron chi connectivity index (χ1n) is 10.9. The zero-order valence-electron chi connectivity index (χ0n) is 19.5. The van der Waals surface area contributed by atoms with Crippen LogP contribution < -0.4 is 16.4 Å². The van der Waals surface area contributed by atoms with E-state index in [1.807, 2.05) is 0 Å². The van der Waals surface area contributed by atoms with Crippen LogP contribution in [0.25, 0.3) is 0 Å². The lowest BCUT2D eigenvalue weighted by Crippen LogP contribution is -2.19. The number of rotatable bonds is 5. The fraction of sp³-hybridized carbons (Fsp3) is 0.200. The standard InChI is InChI=1S/C25H16Cl3F6N3O2/c1-9-6-11(8-12(19(9)26)22(38)37-16-5-4-15(30)21(35)20(16)31)36-23(39)18-17(24(18,27)28)10-2-3-14(29)13(7-10)25(32,33)34/h2-8,17-18H,35H2,1H3,(H,36,39)(H,37,38)/t17-,18+/m0/s1. The van der Waals surface area contributed by atoms with Crippen LogP contribution in [-0.4, -0.2) is 16.1 Å². The van der Waals surface area contributed by atoms with Gasteiger partial charge in [0.05, 0.1) is 27.8 Å². The van der Waals surface area contributed by atoms with Gasteiger partial charge in [-0.05, 0) is 54.4 Å². The van der Waals surface area contributed by atoms with Crippen LogP contribution in [-0.2, 0) is 11.0 Å². The number of nitrogens with two attached hydrogens (primary N) is 1. The highest BCUT2D eigenvalue weighted by atomic mass is 35.5. The molecule has 3 aromatic carbocycles. The van der Waals surface area contributed by atoms with E-state index in [9.17, 15) is 35.9 Å². The Morgan fingerprint density at radius 2 is 1.62 bits per heavy atom. The van der Waals surface area contributed by atoms with Crippen LogP contribution in [0, 0.1) is 30.3 Å². The Hall–Kier alpha value is -3.15. The SMILES string of the molecule is Cc1cc(NC(=O)[C@H]2[C@H](c3ccc(F)c(C(F)(F)F)c3)C2(Cl)Cl)cc(C(=O)Nc2ccc(F)c(N)c2F)c1Cl. The Labute approximate surface area is 232 Å². The van der Waals surface area contributed by atoms with Crippen molar-refractivity contribution in [3.05, 3.63) is 87.2 Å². The Balaban J connectivity index is 1.57. The lowest BCUT2D eigenvalue weighted by atomic mass is 10.0. The predicted molar refractivity (Wildman–Crippen MR) is 136 cm³/mol. The number of hydrogen-bond acceptors (Lipinski definition) is 3. The summed E-state index contributed by atoms with van der Waals surface area (Å²) >= 11 is 18.7. The Bertz CT molecular complexity index is 1510. The van der Waals surface area contributed by atoms with Crippen molar-refractivity contribution in [2.45, 2.75) is 23.4 Å². The van der Waals surface area contributed by atoms with Crippen LogP contribution in [0.3, 0.4) is 0 Å². The van der Waals surface area contributed by atoms with Crippen molar-refractivity contribution in [3.63, 3.8) is 0 Å². The van der Waals surface area contributed by atoms with Gasteiger partial charge in [-0.1, -0.05) is 17.7 Å². The van der Waals surface area contributed by atoms with E-state index >= 15 is 0 Å². The molecule has 2 atom stereocenters. The third kappa shape index (κ3) is 5.48. The fourth-order valence-corrected chi connectivity index (χ4v) is 5.13. The third-order valence-corrected chi connectivity index (χ3v) is 7.57. The minimum absolute atomic E-state index is 0.0380. The van der Waals surface area contributed by atoms with Gasteiger partial charge in [-0.15, -0.1) is 23.2 Å². The first-order chi connectivity index (χ1) is 18.0. The molecule has 5 nitrogen and oxygen atoms in total. The number of benzene rings is 3. The number of anilines is 3. The first-order valence-corrected chi connectivity index (χ1v) is 12.1. The van der Waals surface area contributed by atoms with E-state index < -0.39 is 68.5 Å². The molecule has 1 aliphatic carbocycles. The van der Waals surface area contributed by atoms with Gasteiger partial charge in [0.1, 0.15) is 21.7 Å². The molecule has 4 N–H and O–H groups in total. The lowest BCUT2D eigenvalue weighted by molar-refractivity contribution is -0.140. The molecule has 14 heteroatoms. The van der Waals surface area contributed by atoms with Gasteiger partial charge < -0.3 is 16.4 Å². The highest BCUT2D eigenvalue weighted by Gasteiger charge is 2.67. The maximum absolute atomic E-state index is 14.2. The largest absolute Gasteiger partial charge is 0.419 e. The molecule has 0 unspecified atom stereocenters. The molecule has 0 aromatic heterocycles. The molecule has 206 valence electrons. The van der Waals surface area contributed by atoms with Gasteiger partial charge >= 0.3 is 6.18 Å². The van der Waals surface area contributed by atoms with E-state index in [-0.39, 0.29) is 21.8 Å². The number of alkyl halides is 5. The van der Waals surface area contributed by atoms with E-state index in [4.69, 9.17) is 40.5 Å². The van der Waals surface area contributed by atoms with E-state index in [1.165, 1.54) is 13.0 Å². The van der Waals surface area contributed by atoms with Crippen molar-refractivity contribution in [1.29, 1.82) is 0 Å². The summed E-state index contributed by atoms with van der Waals surface area (Å²) in [5.41, 5.74) is 2.62. The summed E-state index contributed by atoms with van der Waals surface area (Å²) in [5.74, 6) is -7.74. The quantitative estimate of drug-likeness (QED) is 0.159. The molecule has 0 spiro atoms. The molecule has 4 rings (SSSR count).